The van der Waals surface area contributed by atoms with Gasteiger partial charge in [0.05, 0.1) is 13.2 Å². The van der Waals surface area contributed by atoms with Crippen molar-refractivity contribution < 1.29 is 28.7 Å². The quantitative estimate of drug-likeness (QED) is 0.691. The summed E-state index contributed by atoms with van der Waals surface area (Å²) in [4.78, 5) is 30.7. The maximum absolute atomic E-state index is 12.7. The number of ether oxygens (including phenoxy) is 2. The molecular formula is C17H28N4O6. The number of nitrogens with zero attached hydrogens (tertiary/aromatic N) is 3. The minimum atomic E-state index is -1.25. The number of amides is 1. The number of aliphatic hydroxyl groups excluding tert-OH is 1. The summed E-state index contributed by atoms with van der Waals surface area (Å²) < 4.78 is 15.5. The zero-order valence-corrected chi connectivity index (χ0v) is 16.4. The van der Waals surface area contributed by atoms with E-state index in [9.17, 15) is 14.7 Å². The summed E-state index contributed by atoms with van der Waals surface area (Å²) in [6.45, 7) is 7.25. The number of methoxy groups -OCH3 is 1. The second-order valence-electron chi connectivity index (χ2n) is 7.64. The predicted octanol–water partition coefficient (Wildman–Crippen LogP) is 1.02. The number of nitrogens with one attached hydrogen (secondary N) is 1. The van der Waals surface area contributed by atoms with E-state index in [1.807, 2.05) is 0 Å². The molecule has 1 fully saturated rings. The minimum Gasteiger partial charge on any atom is -0.467 e. The molecule has 0 bridgehead atoms. The second-order valence-corrected chi connectivity index (χ2v) is 7.64. The van der Waals surface area contributed by atoms with Gasteiger partial charge < -0.3 is 24.4 Å². The zero-order valence-electron chi connectivity index (χ0n) is 16.4. The van der Waals surface area contributed by atoms with E-state index < -0.39 is 35.3 Å². The van der Waals surface area contributed by atoms with Gasteiger partial charge in [-0.25, -0.2) is 9.59 Å². The van der Waals surface area contributed by atoms with E-state index in [1.165, 1.54) is 18.3 Å². The van der Waals surface area contributed by atoms with Crippen molar-refractivity contribution in [2.24, 2.45) is 0 Å². The first-order chi connectivity index (χ1) is 12.6. The molecule has 1 aliphatic rings. The van der Waals surface area contributed by atoms with Gasteiger partial charge in [0.1, 0.15) is 11.6 Å². The van der Waals surface area contributed by atoms with Crippen molar-refractivity contribution in [2.75, 3.05) is 20.2 Å². The van der Waals surface area contributed by atoms with Crippen molar-refractivity contribution >= 4 is 12.1 Å². The standard InChI is InChI=1S/C17H28N4O6/c1-11(22)12(13-19-10-20-27-13)18-9-17(14(23)25-5)7-6-8-21(17)15(24)26-16(2,3)4/h10-12,18,22H,6-9H2,1-5H3. The van der Waals surface area contributed by atoms with Crippen molar-refractivity contribution in [3.05, 3.63) is 12.2 Å². The molecule has 0 aromatic carbocycles. The Morgan fingerprint density at radius 2 is 2.19 bits per heavy atom. The third-order valence-electron chi connectivity index (χ3n) is 4.41. The summed E-state index contributed by atoms with van der Waals surface area (Å²) in [5.74, 6) is -0.361. The number of aromatic nitrogens is 2. The molecule has 1 aliphatic heterocycles. The van der Waals surface area contributed by atoms with E-state index in [0.717, 1.165) is 0 Å². The molecule has 2 rings (SSSR count). The van der Waals surface area contributed by atoms with Crippen LogP contribution in [0.2, 0.25) is 0 Å². The maximum Gasteiger partial charge on any atom is 0.411 e. The van der Waals surface area contributed by atoms with Gasteiger partial charge in [-0.1, -0.05) is 5.16 Å². The molecule has 0 aliphatic carbocycles. The van der Waals surface area contributed by atoms with Crippen LogP contribution in [-0.4, -0.2) is 69.7 Å². The van der Waals surface area contributed by atoms with Gasteiger partial charge in [0.25, 0.3) is 0 Å². The molecule has 152 valence electrons. The number of esters is 1. The summed E-state index contributed by atoms with van der Waals surface area (Å²) in [5.41, 5.74) is -1.94. The fourth-order valence-corrected chi connectivity index (χ4v) is 3.18. The molecule has 0 radical (unpaired) electrons. The van der Waals surface area contributed by atoms with Gasteiger partial charge in [0.15, 0.2) is 11.9 Å². The van der Waals surface area contributed by atoms with Crippen molar-refractivity contribution in [2.45, 2.75) is 63.8 Å². The van der Waals surface area contributed by atoms with Crippen LogP contribution in [0.4, 0.5) is 4.79 Å². The third-order valence-corrected chi connectivity index (χ3v) is 4.41. The number of carbonyl (C=O) groups is 2. The molecule has 3 unspecified atom stereocenters. The predicted molar refractivity (Wildman–Crippen MR) is 93.6 cm³/mol. The molecule has 1 amide bonds. The number of carbonyl (C=O) groups excluding carboxylic acids is 2. The highest BCUT2D eigenvalue weighted by molar-refractivity contribution is 5.87. The van der Waals surface area contributed by atoms with E-state index >= 15 is 0 Å². The molecule has 1 aromatic heterocycles. The van der Waals surface area contributed by atoms with Crippen molar-refractivity contribution in [3.8, 4) is 0 Å². The highest BCUT2D eigenvalue weighted by Gasteiger charge is 2.52. The van der Waals surface area contributed by atoms with Gasteiger partial charge in [-0.05, 0) is 40.5 Å². The second kappa shape index (κ2) is 8.22. The summed E-state index contributed by atoms with van der Waals surface area (Å²) in [7, 11) is 1.28. The van der Waals surface area contributed by atoms with Crippen LogP contribution in [0.3, 0.4) is 0 Å². The molecule has 1 saturated heterocycles. The monoisotopic (exact) mass is 384 g/mol. The average molecular weight is 384 g/mol. The SMILES string of the molecule is COC(=O)C1(CNC(c2ncno2)C(C)O)CCCN1C(=O)OC(C)(C)C. The first-order valence-corrected chi connectivity index (χ1v) is 8.88. The summed E-state index contributed by atoms with van der Waals surface area (Å²) >= 11 is 0. The lowest BCUT2D eigenvalue weighted by Crippen LogP contribution is -2.60. The molecule has 0 saturated carbocycles. The van der Waals surface area contributed by atoms with Crippen molar-refractivity contribution in [1.82, 2.24) is 20.4 Å². The summed E-state index contributed by atoms with van der Waals surface area (Å²) in [6, 6.07) is -0.699. The smallest absolute Gasteiger partial charge is 0.411 e. The molecule has 3 atom stereocenters. The molecule has 1 aromatic rings. The zero-order chi connectivity index (χ0) is 20.2. The summed E-state index contributed by atoms with van der Waals surface area (Å²) in [5, 5.41) is 16.7. The topological polar surface area (TPSA) is 127 Å². The molecule has 27 heavy (non-hydrogen) atoms. The Morgan fingerprint density at radius 1 is 1.48 bits per heavy atom. The Kier molecular flexibility index (Phi) is 6.42. The number of hydrogen-bond donors (Lipinski definition) is 2. The van der Waals surface area contributed by atoms with E-state index in [0.29, 0.717) is 19.4 Å². The summed E-state index contributed by atoms with van der Waals surface area (Å²) in [6.07, 6.45) is 0.804. The molecule has 2 N–H and O–H groups in total. The van der Waals surface area contributed by atoms with E-state index in [2.05, 4.69) is 15.5 Å². The van der Waals surface area contributed by atoms with E-state index in [1.54, 1.807) is 27.7 Å². The van der Waals surface area contributed by atoms with Crippen LogP contribution in [0.15, 0.2) is 10.9 Å². The largest absolute Gasteiger partial charge is 0.467 e. The van der Waals surface area contributed by atoms with Crippen LogP contribution in [0.5, 0.6) is 0 Å². The number of likely N-dealkylation sites (tertiary alicyclic amines) is 1. The van der Waals surface area contributed by atoms with Crippen molar-refractivity contribution in [1.29, 1.82) is 0 Å². The fraction of sp³-hybridized carbons (Fsp3) is 0.765. The van der Waals surface area contributed by atoms with Crippen LogP contribution in [0.25, 0.3) is 0 Å². The molecule has 10 nitrogen and oxygen atoms in total. The first kappa shape index (κ1) is 21.1. The van der Waals surface area contributed by atoms with Gasteiger partial charge in [0.2, 0.25) is 5.89 Å². The van der Waals surface area contributed by atoms with E-state index in [4.69, 9.17) is 14.0 Å². The van der Waals surface area contributed by atoms with Gasteiger partial charge in [0, 0.05) is 13.1 Å². The van der Waals surface area contributed by atoms with Gasteiger partial charge in [-0.3, -0.25) is 4.90 Å². The van der Waals surface area contributed by atoms with Crippen LogP contribution in [-0.2, 0) is 14.3 Å². The van der Waals surface area contributed by atoms with E-state index in [-0.39, 0.29) is 12.4 Å². The van der Waals surface area contributed by atoms with Gasteiger partial charge in [-0.2, -0.15) is 4.98 Å². The van der Waals surface area contributed by atoms with Crippen LogP contribution in [0.1, 0.15) is 52.5 Å². The molecule has 0 spiro atoms. The maximum atomic E-state index is 12.7. The van der Waals surface area contributed by atoms with Gasteiger partial charge in [-0.15, -0.1) is 0 Å². The van der Waals surface area contributed by atoms with Crippen molar-refractivity contribution in [3.63, 3.8) is 0 Å². The fourth-order valence-electron chi connectivity index (χ4n) is 3.18. The number of aliphatic hydroxyl groups is 1. The Hall–Kier alpha value is -2.20. The Bertz CT molecular complexity index is 642. The average Bonchev–Trinajstić information content (AvgIpc) is 3.22. The lowest BCUT2D eigenvalue weighted by molar-refractivity contribution is -0.153. The van der Waals surface area contributed by atoms with Crippen LogP contribution in [0, 0.1) is 0 Å². The molecule has 10 heteroatoms. The van der Waals surface area contributed by atoms with Gasteiger partial charge >= 0.3 is 12.1 Å². The lowest BCUT2D eigenvalue weighted by atomic mass is 9.95. The number of hydrogen-bond acceptors (Lipinski definition) is 9. The van der Waals surface area contributed by atoms with Crippen LogP contribution < -0.4 is 5.32 Å². The highest BCUT2D eigenvalue weighted by atomic mass is 16.6. The Balaban J connectivity index is 2.25. The Labute approximate surface area is 158 Å². The van der Waals surface area contributed by atoms with Crippen LogP contribution >= 0.6 is 0 Å². The Morgan fingerprint density at radius 3 is 2.70 bits per heavy atom. The minimum absolute atomic E-state index is 0.0386. The molecular weight excluding hydrogens is 356 g/mol. The normalized spacial score (nSPS) is 22.4. The lowest BCUT2D eigenvalue weighted by Gasteiger charge is -2.37. The highest BCUT2D eigenvalue weighted by Crippen LogP contribution is 2.32. The third kappa shape index (κ3) is 4.75. The molecule has 2 heterocycles. The number of rotatable bonds is 6. The first-order valence-electron chi connectivity index (χ1n) is 8.88.